The number of hydrogen-bond acceptors (Lipinski definition) is 8. The lowest BCUT2D eigenvalue weighted by molar-refractivity contribution is 0.0825. The highest BCUT2D eigenvalue weighted by atomic mass is 19.1. The number of benzene rings is 1. The van der Waals surface area contributed by atoms with Crippen molar-refractivity contribution in [2.75, 3.05) is 7.11 Å². The van der Waals surface area contributed by atoms with Gasteiger partial charge in [-0.15, -0.1) is 0 Å². The molecule has 1 aromatic carbocycles. The summed E-state index contributed by atoms with van der Waals surface area (Å²) in [6.07, 6.45) is 1.64. The van der Waals surface area contributed by atoms with Crippen molar-refractivity contribution in [3.63, 3.8) is 0 Å². The van der Waals surface area contributed by atoms with Gasteiger partial charge in [0, 0.05) is 19.2 Å². The summed E-state index contributed by atoms with van der Waals surface area (Å²) >= 11 is 0. The molecule has 0 saturated heterocycles. The SMILES string of the molecule is COc1cc(CNC(=O)c2cc(C3=NOC(c4ccc(CO)cn4)C3)nc(C)n2)ccc1F. The number of aromatic nitrogens is 3. The number of methoxy groups -OCH3 is 1. The van der Waals surface area contributed by atoms with Crippen LogP contribution in [-0.2, 0) is 18.0 Å². The van der Waals surface area contributed by atoms with E-state index in [2.05, 4.69) is 25.4 Å². The zero-order valence-corrected chi connectivity index (χ0v) is 18.1. The molecule has 1 amide bonds. The highest BCUT2D eigenvalue weighted by molar-refractivity contribution is 6.02. The molecule has 4 rings (SSSR count). The summed E-state index contributed by atoms with van der Waals surface area (Å²) in [6.45, 7) is 1.78. The molecule has 10 heteroatoms. The highest BCUT2D eigenvalue weighted by Crippen LogP contribution is 2.28. The van der Waals surface area contributed by atoms with Crippen LogP contribution in [0.5, 0.6) is 5.75 Å². The lowest BCUT2D eigenvalue weighted by Gasteiger charge is -2.09. The Kier molecular flexibility index (Phi) is 6.55. The molecule has 3 aromatic rings. The summed E-state index contributed by atoms with van der Waals surface area (Å²) in [5.74, 6) is -0.350. The van der Waals surface area contributed by atoms with Crippen LogP contribution in [-0.4, -0.2) is 38.8 Å². The molecule has 0 saturated carbocycles. The predicted octanol–water partition coefficient (Wildman–Crippen LogP) is 2.62. The van der Waals surface area contributed by atoms with E-state index in [0.717, 1.165) is 0 Å². The highest BCUT2D eigenvalue weighted by Gasteiger charge is 2.27. The van der Waals surface area contributed by atoms with Crippen molar-refractivity contribution in [3.05, 3.63) is 82.4 Å². The minimum Gasteiger partial charge on any atom is -0.494 e. The standard InChI is InChI=1S/C23H22FN5O4/c1-13-27-18(19-9-22(33-29-19)17-6-4-15(12-30)11-25-17)8-20(28-13)23(31)26-10-14-3-5-16(24)21(7-14)32-2/h3-8,11,22,30H,9-10,12H2,1-2H3,(H,26,31). The molecule has 170 valence electrons. The van der Waals surface area contributed by atoms with E-state index >= 15 is 0 Å². The Balaban J connectivity index is 1.44. The molecule has 0 radical (unpaired) electrons. The van der Waals surface area contributed by atoms with Gasteiger partial charge in [0.1, 0.15) is 17.2 Å². The summed E-state index contributed by atoms with van der Waals surface area (Å²) in [5, 5.41) is 16.0. The molecule has 0 bridgehead atoms. The first kappa shape index (κ1) is 22.3. The monoisotopic (exact) mass is 451 g/mol. The van der Waals surface area contributed by atoms with Gasteiger partial charge in [-0.2, -0.15) is 0 Å². The van der Waals surface area contributed by atoms with Crippen LogP contribution in [0.15, 0.2) is 47.8 Å². The second-order valence-electron chi connectivity index (χ2n) is 7.42. The number of carbonyl (C=O) groups excluding carboxylic acids is 1. The van der Waals surface area contributed by atoms with E-state index < -0.39 is 11.7 Å². The van der Waals surface area contributed by atoms with Gasteiger partial charge in [-0.3, -0.25) is 9.78 Å². The number of ether oxygens (including phenoxy) is 1. The Bertz CT molecular complexity index is 1200. The third kappa shape index (κ3) is 5.12. The minimum absolute atomic E-state index is 0.0830. The largest absolute Gasteiger partial charge is 0.494 e. The zero-order valence-electron chi connectivity index (χ0n) is 18.1. The van der Waals surface area contributed by atoms with E-state index in [0.29, 0.717) is 40.5 Å². The van der Waals surface area contributed by atoms with Crippen LogP contribution in [0, 0.1) is 12.7 Å². The Morgan fingerprint density at radius 3 is 2.79 bits per heavy atom. The summed E-state index contributed by atoms with van der Waals surface area (Å²) in [5.41, 5.74) is 3.33. The first-order chi connectivity index (χ1) is 16.0. The second kappa shape index (κ2) is 9.70. The van der Waals surface area contributed by atoms with Crippen molar-refractivity contribution in [1.29, 1.82) is 0 Å². The number of carbonyl (C=O) groups is 1. The Morgan fingerprint density at radius 2 is 2.06 bits per heavy atom. The lowest BCUT2D eigenvalue weighted by Crippen LogP contribution is -2.25. The van der Waals surface area contributed by atoms with Gasteiger partial charge in [0.2, 0.25) is 0 Å². The normalized spacial score (nSPS) is 15.0. The molecule has 1 unspecified atom stereocenters. The summed E-state index contributed by atoms with van der Waals surface area (Å²) < 4.78 is 18.5. The minimum atomic E-state index is -0.471. The van der Waals surface area contributed by atoms with Gasteiger partial charge in [-0.25, -0.2) is 14.4 Å². The molecule has 1 aliphatic heterocycles. The van der Waals surface area contributed by atoms with Crippen molar-refractivity contribution in [1.82, 2.24) is 20.3 Å². The van der Waals surface area contributed by atoms with Crippen LogP contribution in [0.3, 0.4) is 0 Å². The summed E-state index contributed by atoms with van der Waals surface area (Å²) in [4.78, 5) is 31.1. The van der Waals surface area contributed by atoms with Crippen molar-refractivity contribution < 1.29 is 23.9 Å². The molecule has 1 aliphatic rings. The first-order valence-corrected chi connectivity index (χ1v) is 10.2. The van der Waals surface area contributed by atoms with Gasteiger partial charge in [-0.1, -0.05) is 17.3 Å². The van der Waals surface area contributed by atoms with Gasteiger partial charge in [0.05, 0.1) is 25.1 Å². The van der Waals surface area contributed by atoms with Gasteiger partial charge >= 0.3 is 0 Å². The topological polar surface area (TPSA) is 119 Å². The third-order valence-corrected chi connectivity index (χ3v) is 5.06. The van der Waals surface area contributed by atoms with Crippen LogP contribution in [0.2, 0.25) is 0 Å². The number of aliphatic hydroxyl groups excluding tert-OH is 1. The number of hydrogen-bond donors (Lipinski definition) is 2. The molecule has 0 aliphatic carbocycles. The van der Waals surface area contributed by atoms with E-state index in [1.165, 1.54) is 19.2 Å². The fourth-order valence-electron chi connectivity index (χ4n) is 3.33. The van der Waals surface area contributed by atoms with Gasteiger partial charge in [0.15, 0.2) is 17.7 Å². The Labute approximate surface area is 189 Å². The number of amides is 1. The number of aryl methyl sites for hydroxylation is 1. The summed E-state index contributed by atoms with van der Waals surface area (Å²) in [7, 11) is 1.38. The van der Waals surface area contributed by atoms with Crippen molar-refractivity contribution in [2.24, 2.45) is 5.16 Å². The average molecular weight is 451 g/mol. The predicted molar refractivity (Wildman–Crippen MR) is 116 cm³/mol. The van der Waals surface area contributed by atoms with Gasteiger partial charge < -0.3 is 20.0 Å². The lowest BCUT2D eigenvalue weighted by atomic mass is 10.1. The van der Waals surface area contributed by atoms with Crippen molar-refractivity contribution >= 4 is 11.6 Å². The van der Waals surface area contributed by atoms with E-state index in [1.54, 1.807) is 37.4 Å². The zero-order chi connectivity index (χ0) is 23.4. The number of pyridine rings is 1. The number of aliphatic hydroxyl groups is 1. The maximum Gasteiger partial charge on any atom is 0.270 e. The quantitative estimate of drug-likeness (QED) is 0.567. The third-order valence-electron chi connectivity index (χ3n) is 5.06. The average Bonchev–Trinajstić information content (AvgIpc) is 3.33. The first-order valence-electron chi connectivity index (χ1n) is 10.2. The molecule has 0 spiro atoms. The number of nitrogens with zero attached hydrogens (tertiary/aromatic N) is 4. The van der Waals surface area contributed by atoms with Gasteiger partial charge in [-0.05, 0) is 42.3 Å². The summed E-state index contributed by atoms with van der Waals surface area (Å²) in [6, 6.07) is 9.49. The second-order valence-corrected chi connectivity index (χ2v) is 7.42. The van der Waals surface area contributed by atoms with Crippen molar-refractivity contribution in [2.45, 2.75) is 32.6 Å². The van der Waals surface area contributed by atoms with Crippen LogP contribution in [0.25, 0.3) is 0 Å². The number of nitrogens with one attached hydrogen (secondary N) is 1. The molecule has 2 N–H and O–H groups in total. The number of rotatable bonds is 7. The molecular formula is C23H22FN5O4. The maximum atomic E-state index is 13.6. The van der Waals surface area contributed by atoms with E-state index in [4.69, 9.17) is 14.7 Å². The van der Waals surface area contributed by atoms with Crippen LogP contribution < -0.4 is 10.1 Å². The molecule has 2 aromatic heterocycles. The smallest absolute Gasteiger partial charge is 0.270 e. The molecule has 1 atom stereocenters. The van der Waals surface area contributed by atoms with Crippen molar-refractivity contribution in [3.8, 4) is 5.75 Å². The molecule has 33 heavy (non-hydrogen) atoms. The van der Waals surface area contributed by atoms with Crippen LogP contribution in [0.4, 0.5) is 4.39 Å². The Morgan fingerprint density at radius 1 is 1.24 bits per heavy atom. The Hall–Kier alpha value is -3.92. The molecular weight excluding hydrogens is 429 g/mol. The van der Waals surface area contributed by atoms with E-state index in [-0.39, 0.29) is 30.7 Å². The fourth-order valence-corrected chi connectivity index (χ4v) is 3.33. The van der Waals surface area contributed by atoms with E-state index in [9.17, 15) is 9.18 Å². The van der Waals surface area contributed by atoms with Crippen LogP contribution in [0.1, 0.15) is 51.4 Å². The fraction of sp³-hybridized carbons (Fsp3) is 0.261. The van der Waals surface area contributed by atoms with Crippen LogP contribution >= 0.6 is 0 Å². The van der Waals surface area contributed by atoms with Gasteiger partial charge in [0.25, 0.3) is 5.91 Å². The molecule has 3 heterocycles. The maximum absolute atomic E-state index is 13.6. The number of halogens is 1. The molecule has 9 nitrogen and oxygen atoms in total. The van der Waals surface area contributed by atoms with E-state index in [1.807, 2.05) is 0 Å². The number of oxime groups is 1. The molecule has 0 fully saturated rings.